The summed E-state index contributed by atoms with van der Waals surface area (Å²) in [5.74, 6) is -0.653. The monoisotopic (exact) mass is 449 g/mol. The first-order valence-electron chi connectivity index (χ1n) is 11.1. The Labute approximate surface area is 189 Å². The lowest BCUT2D eigenvalue weighted by Gasteiger charge is -2.44. The molecule has 1 heterocycles. The van der Waals surface area contributed by atoms with Gasteiger partial charge in [0.05, 0.1) is 12.1 Å². The van der Waals surface area contributed by atoms with Crippen molar-refractivity contribution in [2.24, 2.45) is 11.8 Å². The average Bonchev–Trinajstić information content (AvgIpc) is 2.76. The fourth-order valence-corrected chi connectivity index (χ4v) is 3.64. The molecule has 0 aliphatic carbocycles. The molecule has 8 heteroatoms. The zero-order valence-electron chi connectivity index (χ0n) is 19.4. The molecule has 1 N–H and O–H groups in total. The Balaban J connectivity index is 1.77. The van der Waals surface area contributed by atoms with E-state index in [1.165, 1.54) is 13.8 Å². The normalized spacial score (nSPS) is 25.1. The summed E-state index contributed by atoms with van der Waals surface area (Å²) in [6.45, 7) is 7.62. The van der Waals surface area contributed by atoms with E-state index in [9.17, 15) is 14.4 Å². The van der Waals surface area contributed by atoms with Crippen molar-refractivity contribution in [3.63, 3.8) is 0 Å². The maximum absolute atomic E-state index is 11.9. The minimum Gasteiger partial charge on any atom is -0.463 e. The number of nitrogens with one attached hydrogen (secondary N) is 1. The molecule has 1 aliphatic heterocycles. The molecular formula is C24H35NO7. The molecule has 5 atom stereocenters. The summed E-state index contributed by atoms with van der Waals surface area (Å²) in [7, 11) is 0. The van der Waals surface area contributed by atoms with Crippen LogP contribution in [0, 0.1) is 11.8 Å². The average molecular weight is 450 g/mol. The number of rotatable bonds is 11. The van der Waals surface area contributed by atoms with Crippen molar-refractivity contribution in [1.82, 2.24) is 5.32 Å². The topological polar surface area (TPSA) is 100 Å². The van der Waals surface area contributed by atoms with E-state index in [4.69, 9.17) is 18.9 Å². The van der Waals surface area contributed by atoms with Crippen LogP contribution in [0.5, 0.6) is 0 Å². The fourth-order valence-electron chi connectivity index (χ4n) is 3.64. The predicted octanol–water partition coefficient (Wildman–Crippen LogP) is 2.98. The van der Waals surface area contributed by atoms with Crippen LogP contribution in [-0.2, 0) is 39.9 Å². The molecule has 32 heavy (non-hydrogen) atoms. The van der Waals surface area contributed by atoms with Crippen molar-refractivity contribution in [3.8, 4) is 0 Å². The third-order valence-electron chi connectivity index (χ3n) is 5.71. The number of amides is 1. The standard InChI is InChI=1S/C24H35NO7/c1-16-17(2)23(25-18(3)26)24(32-21(16)15-30-19(4)27)29-13-9-8-12-22(28)31-14-20-10-6-5-7-11-20/h5-7,10-11,16-17,21,23-24H,8-9,12-15H2,1-4H3,(H,25,26). The Hall–Kier alpha value is -2.45. The van der Waals surface area contributed by atoms with Crippen molar-refractivity contribution in [2.45, 2.75) is 72.0 Å². The van der Waals surface area contributed by atoms with E-state index in [1.807, 2.05) is 44.2 Å². The summed E-state index contributed by atoms with van der Waals surface area (Å²) in [6, 6.07) is 9.23. The minimum atomic E-state index is -0.657. The molecular weight excluding hydrogens is 414 g/mol. The van der Waals surface area contributed by atoms with Gasteiger partial charge in [-0.05, 0) is 30.2 Å². The molecule has 1 aromatic carbocycles. The Morgan fingerprint density at radius 1 is 1.00 bits per heavy atom. The van der Waals surface area contributed by atoms with Gasteiger partial charge in [-0.1, -0.05) is 44.2 Å². The van der Waals surface area contributed by atoms with Crippen LogP contribution in [0.15, 0.2) is 30.3 Å². The molecule has 1 aromatic rings. The lowest BCUT2D eigenvalue weighted by atomic mass is 9.82. The first kappa shape index (κ1) is 25.8. The van der Waals surface area contributed by atoms with Gasteiger partial charge in [-0.15, -0.1) is 0 Å². The molecule has 178 valence electrons. The Morgan fingerprint density at radius 3 is 2.38 bits per heavy atom. The quantitative estimate of drug-likeness (QED) is 0.409. The Morgan fingerprint density at radius 2 is 1.72 bits per heavy atom. The highest BCUT2D eigenvalue weighted by Crippen LogP contribution is 2.31. The van der Waals surface area contributed by atoms with E-state index in [-0.39, 0.29) is 55.0 Å². The van der Waals surface area contributed by atoms with Crippen LogP contribution in [0.3, 0.4) is 0 Å². The van der Waals surface area contributed by atoms with Crippen LogP contribution in [0.1, 0.15) is 52.5 Å². The van der Waals surface area contributed by atoms with Crippen molar-refractivity contribution in [1.29, 1.82) is 0 Å². The van der Waals surface area contributed by atoms with Gasteiger partial charge in [0.2, 0.25) is 5.91 Å². The number of ether oxygens (including phenoxy) is 4. The highest BCUT2D eigenvalue weighted by atomic mass is 16.7. The number of hydrogen-bond acceptors (Lipinski definition) is 7. The summed E-state index contributed by atoms with van der Waals surface area (Å²) in [6.07, 6.45) is 0.589. The molecule has 1 saturated heterocycles. The highest BCUT2D eigenvalue weighted by Gasteiger charge is 2.42. The van der Waals surface area contributed by atoms with Gasteiger partial charge in [0.15, 0.2) is 6.29 Å². The van der Waals surface area contributed by atoms with Gasteiger partial charge >= 0.3 is 11.9 Å². The van der Waals surface area contributed by atoms with Crippen LogP contribution >= 0.6 is 0 Å². The van der Waals surface area contributed by atoms with E-state index in [0.717, 1.165) is 5.56 Å². The molecule has 0 radical (unpaired) electrons. The highest BCUT2D eigenvalue weighted by molar-refractivity contribution is 5.73. The number of esters is 2. The number of hydrogen-bond donors (Lipinski definition) is 1. The summed E-state index contributed by atoms with van der Waals surface area (Å²) in [5, 5.41) is 2.92. The SMILES string of the molecule is CC(=O)NC1C(OCCCCC(=O)OCc2ccccc2)OC(COC(C)=O)C(C)C1C. The zero-order valence-corrected chi connectivity index (χ0v) is 19.4. The van der Waals surface area contributed by atoms with Gasteiger partial charge in [-0.25, -0.2) is 0 Å². The molecule has 0 aromatic heterocycles. The third kappa shape index (κ3) is 8.59. The van der Waals surface area contributed by atoms with E-state index in [1.54, 1.807) is 0 Å². The maximum Gasteiger partial charge on any atom is 0.306 e. The third-order valence-corrected chi connectivity index (χ3v) is 5.71. The summed E-state index contributed by atoms with van der Waals surface area (Å²) in [4.78, 5) is 34.8. The van der Waals surface area contributed by atoms with E-state index >= 15 is 0 Å². The molecule has 0 bridgehead atoms. The van der Waals surface area contributed by atoms with Gasteiger partial charge < -0.3 is 24.3 Å². The number of benzene rings is 1. The van der Waals surface area contributed by atoms with Crippen molar-refractivity contribution < 1.29 is 33.3 Å². The van der Waals surface area contributed by atoms with E-state index in [2.05, 4.69) is 5.32 Å². The van der Waals surface area contributed by atoms with Crippen molar-refractivity contribution in [2.75, 3.05) is 13.2 Å². The van der Waals surface area contributed by atoms with Gasteiger partial charge in [0, 0.05) is 26.9 Å². The predicted molar refractivity (Wildman–Crippen MR) is 117 cm³/mol. The lowest BCUT2D eigenvalue weighted by Crippen LogP contribution is -2.58. The van der Waals surface area contributed by atoms with Crippen molar-refractivity contribution >= 4 is 17.8 Å². The van der Waals surface area contributed by atoms with E-state index in [0.29, 0.717) is 25.9 Å². The maximum atomic E-state index is 11.9. The zero-order chi connectivity index (χ0) is 23.5. The van der Waals surface area contributed by atoms with Gasteiger partial charge in [-0.2, -0.15) is 0 Å². The van der Waals surface area contributed by atoms with E-state index < -0.39 is 6.29 Å². The summed E-state index contributed by atoms with van der Waals surface area (Å²) < 4.78 is 22.4. The Bertz CT molecular complexity index is 737. The molecule has 2 rings (SSSR count). The van der Waals surface area contributed by atoms with Gasteiger partial charge in [0.25, 0.3) is 0 Å². The second kappa shape index (κ2) is 13.2. The Kier molecular flexibility index (Phi) is 10.6. The van der Waals surface area contributed by atoms with Crippen LogP contribution in [0.25, 0.3) is 0 Å². The number of carbonyl (C=O) groups is 3. The second-order valence-corrected chi connectivity index (χ2v) is 8.26. The summed E-state index contributed by atoms with van der Waals surface area (Å²) in [5.41, 5.74) is 0.953. The minimum absolute atomic E-state index is 0.0606. The lowest BCUT2D eigenvalue weighted by molar-refractivity contribution is -0.244. The molecule has 1 amide bonds. The number of carbonyl (C=O) groups excluding carboxylic acids is 3. The molecule has 8 nitrogen and oxygen atoms in total. The van der Waals surface area contributed by atoms with Crippen molar-refractivity contribution in [3.05, 3.63) is 35.9 Å². The molecule has 1 fully saturated rings. The molecule has 1 aliphatic rings. The molecule has 0 spiro atoms. The first-order chi connectivity index (χ1) is 15.3. The smallest absolute Gasteiger partial charge is 0.306 e. The molecule has 0 saturated carbocycles. The van der Waals surface area contributed by atoms with Crippen LogP contribution in [0.2, 0.25) is 0 Å². The van der Waals surface area contributed by atoms with Gasteiger partial charge in [0.1, 0.15) is 13.2 Å². The van der Waals surface area contributed by atoms with Gasteiger partial charge in [-0.3, -0.25) is 14.4 Å². The fraction of sp³-hybridized carbons (Fsp3) is 0.625. The van der Waals surface area contributed by atoms with Crippen LogP contribution in [-0.4, -0.2) is 49.5 Å². The van der Waals surface area contributed by atoms with Crippen LogP contribution in [0.4, 0.5) is 0 Å². The summed E-state index contributed by atoms with van der Waals surface area (Å²) >= 11 is 0. The number of unbranched alkanes of at least 4 members (excludes halogenated alkanes) is 1. The van der Waals surface area contributed by atoms with Crippen LogP contribution < -0.4 is 5.32 Å². The first-order valence-corrected chi connectivity index (χ1v) is 11.1. The molecule has 5 unspecified atom stereocenters. The second-order valence-electron chi connectivity index (χ2n) is 8.26. The largest absolute Gasteiger partial charge is 0.463 e.